The molecule has 1 aliphatic carbocycles. The van der Waals surface area contributed by atoms with E-state index >= 15 is 0 Å². The summed E-state index contributed by atoms with van der Waals surface area (Å²) in [6, 6.07) is 0. The third kappa shape index (κ3) is 4.96. The van der Waals surface area contributed by atoms with Crippen LogP contribution in [-0.4, -0.2) is 66.3 Å². The molecule has 1 heterocycles. The van der Waals surface area contributed by atoms with Gasteiger partial charge in [-0.1, -0.05) is 26.8 Å². The van der Waals surface area contributed by atoms with Gasteiger partial charge in [0.1, 0.15) is 5.60 Å². The van der Waals surface area contributed by atoms with Crippen LogP contribution in [0.15, 0.2) is 12.7 Å². The van der Waals surface area contributed by atoms with Crippen LogP contribution in [0.25, 0.3) is 0 Å². The van der Waals surface area contributed by atoms with Crippen molar-refractivity contribution in [1.29, 1.82) is 0 Å². The molecule has 0 amide bonds. The first kappa shape index (κ1) is 26.2. The van der Waals surface area contributed by atoms with E-state index in [4.69, 9.17) is 23.1 Å². The smallest absolute Gasteiger partial charge is 0.192 e. The SMILES string of the molecule is C=CC[C@@]1(O[Si](C)(C)C)C(O)O[C@H]2C[C@@H]1[C@H](C(OC)OC)[C@H]2O[Si](C)(C)C(C)(C)C. The van der Waals surface area contributed by atoms with Gasteiger partial charge in [0.05, 0.1) is 12.2 Å². The first-order chi connectivity index (χ1) is 13.6. The van der Waals surface area contributed by atoms with Crippen LogP contribution in [0.2, 0.25) is 37.8 Å². The molecule has 6 atom stereocenters. The van der Waals surface area contributed by atoms with E-state index in [-0.39, 0.29) is 29.1 Å². The molecular weight excluding hydrogens is 416 g/mol. The molecule has 0 aromatic carbocycles. The van der Waals surface area contributed by atoms with Gasteiger partial charge < -0.3 is 28.2 Å². The second-order valence-electron chi connectivity index (χ2n) is 11.3. The molecule has 1 saturated carbocycles. The predicted octanol–water partition coefficient (Wildman–Crippen LogP) is 4.52. The van der Waals surface area contributed by atoms with Crippen molar-refractivity contribution in [2.45, 2.75) is 102 Å². The van der Waals surface area contributed by atoms with Crippen molar-refractivity contribution in [3.8, 4) is 0 Å². The van der Waals surface area contributed by atoms with E-state index in [9.17, 15) is 5.11 Å². The third-order valence-electron chi connectivity index (χ3n) is 7.02. The highest BCUT2D eigenvalue weighted by molar-refractivity contribution is 6.74. The van der Waals surface area contributed by atoms with Crippen LogP contribution in [0.1, 0.15) is 33.6 Å². The van der Waals surface area contributed by atoms with Crippen LogP contribution in [-0.2, 0) is 23.1 Å². The fraction of sp³-hybridized carbons (Fsp3) is 0.909. The lowest BCUT2D eigenvalue weighted by molar-refractivity contribution is -0.268. The number of aliphatic hydroxyl groups excluding tert-OH is 1. The number of aliphatic hydroxyl groups is 1. The minimum Gasteiger partial charge on any atom is -0.411 e. The first-order valence-corrected chi connectivity index (χ1v) is 17.3. The van der Waals surface area contributed by atoms with Crippen LogP contribution >= 0.6 is 0 Å². The summed E-state index contributed by atoms with van der Waals surface area (Å²) < 4.78 is 31.4. The predicted molar refractivity (Wildman–Crippen MR) is 124 cm³/mol. The molecule has 2 fully saturated rings. The number of methoxy groups -OCH3 is 2. The molecule has 2 aliphatic rings. The lowest BCUT2D eigenvalue weighted by Crippen LogP contribution is -2.60. The molecule has 1 saturated heterocycles. The summed E-state index contributed by atoms with van der Waals surface area (Å²) in [7, 11) is -0.806. The molecule has 1 N–H and O–H groups in total. The highest BCUT2D eigenvalue weighted by atomic mass is 28.4. The molecule has 0 aromatic heterocycles. The van der Waals surface area contributed by atoms with Gasteiger partial charge in [0.25, 0.3) is 0 Å². The van der Waals surface area contributed by atoms with E-state index in [0.29, 0.717) is 6.42 Å². The standard InChI is InChI=1S/C22H44O6Si2/c1-12-13-22(28-29(7,8)9)15-14-16(26-20(22)23)18(17(15)19(24-5)25-6)27-30(10,11)21(2,3)4/h12,15-20,23H,1,13-14H2,2-11H3/t15-,16+,17+,18+,20?,22+/m1/s1. The van der Waals surface area contributed by atoms with Crippen LogP contribution < -0.4 is 0 Å². The van der Waals surface area contributed by atoms with E-state index in [1.807, 2.05) is 6.08 Å². The van der Waals surface area contributed by atoms with E-state index < -0.39 is 34.8 Å². The molecule has 0 radical (unpaired) electrons. The molecule has 2 bridgehead atoms. The van der Waals surface area contributed by atoms with E-state index in [1.165, 1.54) is 0 Å². The van der Waals surface area contributed by atoms with E-state index in [2.05, 4.69) is 60.1 Å². The van der Waals surface area contributed by atoms with Gasteiger partial charge in [0, 0.05) is 26.1 Å². The molecule has 8 heteroatoms. The normalized spacial score (nSPS) is 35.1. The zero-order chi connectivity index (χ0) is 23.1. The van der Waals surface area contributed by atoms with Gasteiger partial charge in [-0.15, -0.1) is 6.58 Å². The summed E-state index contributed by atoms with van der Waals surface area (Å²) in [6.07, 6.45) is 1.09. The highest BCUT2D eigenvalue weighted by Crippen LogP contribution is 2.55. The lowest BCUT2D eigenvalue weighted by atomic mass is 9.76. The zero-order valence-corrected chi connectivity index (χ0v) is 22.7. The van der Waals surface area contributed by atoms with Gasteiger partial charge in [0.15, 0.2) is 29.2 Å². The maximum absolute atomic E-state index is 11.2. The van der Waals surface area contributed by atoms with Crippen LogP contribution in [0, 0.1) is 11.8 Å². The summed E-state index contributed by atoms with van der Waals surface area (Å²) >= 11 is 0. The number of hydrogen-bond acceptors (Lipinski definition) is 6. The van der Waals surface area contributed by atoms with Crippen molar-refractivity contribution < 1.29 is 28.2 Å². The number of rotatable bonds is 9. The van der Waals surface area contributed by atoms with Gasteiger partial charge in [-0.2, -0.15) is 0 Å². The Morgan fingerprint density at radius 2 is 1.73 bits per heavy atom. The Kier molecular flexibility index (Phi) is 7.90. The Bertz CT molecular complexity index is 595. The maximum atomic E-state index is 11.2. The van der Waals surface area contributed by atoms with E-state index in [0.717, 1.165) is 6.42 Å². The van der Waals surface area contributed by atoms with E-state index in [1.54, 1.807) is 14.2 Å². The number of fused-ring (bicyclic) bond motifs is 2. The molecule has 176 valence electrons. The van der Waals surface area contributed by atoms with Crippen molar-refractivity contribution in [2.24, 2.45) is 11.8 Å². The second-order valence-corrected chi connectivity index (χ2v) is 20.5. The Balaban J connectivity index is 2.55. The lowest BCUT2D eigenvalue weighted by Gasteiger charge is -2.49. The van der Waals surface area contributed by atoms with Gasteiger partial charge >= 0.3 is 0 Å². The molecule has 2 rings (SSSR count). The first-order valence-electron chi connectivity index (χ1n) is 11.0. The minimum atomic E-state index is -2.10. The van der Waals surface area contributed by atoms with Crippen LogP contribution in [0.3, 0.4) is 0 Å². The molecule has 6 nitrogen and oxygen atoms in total. The van der Waals surface area contributed by atoms with Gasteiger partial charge in [0.2, 0.25) is 0 Å². The van der Waals surface area contributed by atoms with Gasteiger partial charge in [-0.25, -0.2) is 0 Å². The molecule has 1 unspecified atom stereocenters. The van der Waals surface area contributed by atoms with Gasteiger partial charge in [-0.05, 0) is 50.6 Å². The summed E-state index contributed by atoms with van der Waals surface area (Å²) in [4.78, 5) is 0. The van der Waals surface area contributed by atoms with Crippen LogP contribution in [0.4, 0.5) is 0 Å². The summed E-state index contributed by atoms with van der Waals surface area (Å²) in [5.74, 6) is -0.150. The second kappa shape index (κ2) is 9.05. The average Bonchev–Trinajstić information content (AvgIpc) is 2.88. The number of ether oxygens (including phenoxy) is 3. The zero-order valence-electron chi connectivity index (χ0n) is 20.7. The molecular formula is C22H44O6Si2. The molecule has 30 heavy (non-hydrogen) atoms. The average molecular weight is 461 g/mol. The third-order valence-corrected chi connectivity index (χ3v) is 12.5. The monoisotopic (exact) mass is 460 g/mol. The Labute approximate surface area is 185 Å². The quantitative estimate of drug-likeness (QED) is 0.310. The topological polar surface area (TPSA) is 66.4 Å². The van der Waals surface area contributed by atoms with Crippen molar-refractivity contribution in [3.63, 3.8) is 0 Å². The maximum Gasteiger partial charge on any atom is 0.192 e. The van der Waals surface area contributed by atoms with Gasteiger partial charge in [-0.3, -0.25) is 0 Å². The molecule has 0 aromatic rings. The Morgan fingerprint density at radius 1 is 1.17 bits per heavy atom. The van der Waals surface area contributed by atoms with Crippen molar-refractivity contribution >= 4 is 16.6 Å². The molecule has 0 spiro atoms. The fourth-order valence-electron chi connectivity index (χ4n) is 4.78. The van der Waals surface area contributed by atoms with Crippen molar-refractivity contribution in [3.05, 3.63) is 12.7 Å². The summed E-state index contributed by atoms with van der Waals surface area (Å²) in [5.41, 5.74) is -0.881. The molecule has 1 aliphatic heterocycles. The minimum absolute atomic E-state index is 0.0318. The largest absolute Gasteiger partial charge is 0.411 e. The van der Waals surface area contributed by atoms with Crippen molar-refractivity contribution in [2.75, 3.05) is 14.2 Å². The highest BCUT2D eigenvalue weighted by Gasteiger charge is 2.65. The Morgan fingerprint density at radius 3 is 2.17 bits per heavy atom. The Hall–Kier alpha value is -0.0662. The van der Waals surface area contributed by atoms with Crippen molar-refractivity contribution in [1.82, 2.24) is 0 Å². The number of hydrogen-bond donors (Lipinski definition) is 1. The summed E-state index contributed by atoms with van der Waals surface area (Å²) in [6.45, 7) is 21.5. The summed E-state index contributed by atoms with van der Waals surface area (Å²) in [5, 5.41) is 11.3. The van der Waals surface area contributed by atoms with Crippen LogP contribution in [0.5, 0.6) is 0 Å². The fourth-order valence-corrected chi connectivity index (χ4v) is 7.60.